The minimum absolute atomic E-state index is 0.0448. The molecule has 0 fully saturated rings. The van der Waals surface area contributed by atoms with Crippen molar-refractivity contribution in [2.45, 2.75) is 13.0 Å². The molecule has 0 spiro atoms. The second-order valence-corrected chi connectivity index (χ2v) is 4.52. The first kappa shape index (κ1) is 12.1. The van der Waals surface area contributed by atoms with Gasteiger partial charge in [0.2, 0.25) is 5.78 Å². The van der Waals surface area contributed by atoms with E-state index in [0.29, 0.717) is 24.5 Å². The van der Waals surface area contributed by atoms with E-state index in [1.165, 1.54) is 0 Å². The number of nitrogens with two attached hydrogens (primary N) is 1. The van der Waals surface area contributed by atoms with Crippen LogP contribution in [0.25, 0.3) is 0 Å². The predicted molar refractivity (Wildman–Crippen MR) is 68.8 cm³/mol. The minimum atomic E-state index is -0.0448. The SMILES string of the molecule is NCc1ccc(C(=O)Cc2ccccc2Br)o1. The Labute approximate surface area is 108 Å². The second-order valence-electron chi connectivity index (χ2n) is 3.66. The van der Waals surface area contributed by atoms with Crippen LogP contribution in [0, 0.1) is 0 Å². The van der Waals surface area contributed by atoms with E-state index in [1.807, 2.05) is 24.3 Å². The van der Waals surface area contributed by atoms with Crippen LogP contribution in [0.15, 0.2) is 45.3 Å². The summed E-state index contributed by atoms with van der Waals surface area (Å²) < 4.78 is 6.25. The fraction of sp³-hybridized carbons (Fsp3) is 0.154. The van der Waals surface area contributed by atoms with Crippen molar-refractivity contribution in [1.82, 2.24) is 0 Å². The van der Waals surface area contributed by atoms with Crippen molar-refractivity contribution >= 4 is 21.7 Å². The third-order valence-corrected chi connectivity index (χ3v) is 3.22. The molecule has 0 unspecified atom stereocenters. The molecule has 3 nitrogen and oxygen atoms in total. The van der Waals surface area contributed by atoms with Gasteiger partial charge in [-0.1, -0.05) is 34.1 Å². The monoisotopic (exact) mass is 293 g/mol. The summed E-state index contributed by atoms with van der Waals surface area (Å²) >= 11 is 3.41. The standard InChI is InChI=1S/C13H12BrNO2/c14-11-4-2-1-3-9(11)7-12(16)13-6-5-10(8-15)17-13/h1-6H,7-8,15H2. The Kier molecular flexibility index (Phi) is 3.76. The smallest absolute Gasteiger partial charge is 0.202 e. The van der Waals surface area contributed by atoms with Crippen molar-refractivity contribution in [1.29, 1.82) is 0 Å². The molecule has 0 radical (unpaired) electrons. The highest BCUT2D eigenvalue weighted by Crippen LogP contribution is 2.18. The van der Waals surface area contributed by atoms with Crippen molar-refractivity contribution < 1.29 is 9.21 Å². The van der Waals surface area contributed by atoms with Gasteiger partial charge in [0.15, 0.2) is 5.76 Å². The molecule has 0 aliphatic heterocycles. The summed E-state index contributed by atoms with van der Waals surface area (Å²) in [6.45, 7) is 0.308. The van der Waals surface area contributed by atoms with Crippen LogP contribution in [-0.2, 0) is 13.0 Å². The van der Waals surface area contributed by atoms with E-state index < -0.39 is 0 Å². The third kappa shape index (κ3) is 2.84. The van der Waals surface area contributed by atoms with Gasteiger partial charge in [0.05, 0.1) is 6.54 Å². The number of furan rings is 1. The van der Waals surface area contributed by atoms with Crippen molar-refractivity contribution in [3.63, 3.8) is 0 Å². The average Bonchev–Trinajstić information content (AvgIpc) is 2.81. The lowest BCUT2D eigenvalue weighted by molar-refractivity contribution is 0.0964. The number of benzene rings is 1. The van der Waals surface area contributed by atoms with Crippen LogP contribution in [-0.4, -0.2) is 5.78 Å². The van der Waals surface area contributed by atoms with E-state index in [4.69, 9.17) is 10.2 Å². The van der Waals surface area contributed by atoms with Gasteiger partial charge >= 0.3 is 0 Å². The summed E-state index contributed by atoms with van der Waals surface area (Å²) in [5.41, 5.74) is 6.37. The largest absolute Gasteiger partial charge is 0.457 e. The van der Waals surface area contributed by atoms with Crippen molar-refractivity contribution in [2.75, 3.05) is 0 Å². The van der Waals surface area contributed by atoms with Crippen LogP contribution < -0.4 is 5.73 Å². The van der Waals surface area contributed by atoms with Crippen LogP contribution in [0.2, 0.25) is 0 Å². The molecule has 1 aromatic carbocycles. The molecule has 0 bridgehead atoms. The fourth-order valence-electron chi connectivity index (χ4n) is 1.54. The third-order valence-electron chi connectivity index (χ3n) is 2.45. The number of carbonyl (C=O) groups excluding carboxylic acids is 1. The molecule has 1 aromatic heterocycles. The molecule has 17 heavy (non-hydrogen) atoms. The van der Waals surface area contributed by atoms with Gasteiger partial charge in [0.25, 0.3) is 0 Å². The Hall–Kier alpha value is -1.39. The number of hydrogen-bond acceptors (Lipinski definition) is 3. The maximum absolute atomic E-state index is 11.9. The highest BCUT2D eigenvalue weighted by atomic mass is 79.9. The van der Waals surface area contributed by atoms with Crippen LogP contribution in [0.3, 0.4) is 0 Å². The summed E-state index contributed by atoms with van der Waals surface area (Å²) in [5, 5.41) is 0. The van der Waals surface area contributed by atoms with Gasteiger partial charge in [-0.2, -0.15) is 0 Å². The molecule has 2 aromatic rings. The maximum atomic E-state index is 11.9. The maximum Gasteiger partial charge on any atom is 0.202 e. The van der Waals surface area contributed by atoms with Crippen LogP contribution >= 0.6 is 15.9 Å². The molecule has 4 heteroatoms. The Morgan fingerprint density at radius 3 is 2.65 bits per heavy atom. The van der Waals surface area contributed by atoms with Crippen LogP contribution in [0.4, 0.5) is 0 Å². The van der Waals surface area contributed by atoms with Crippen molar-refractivity contribution in [3.05, 3.63) is 58.0 Å². The zero-order chi connectivity index (χ0) is 12.3. The molecule has 1 heterocycles. The van der Waals surface area contributed by atoms with Crippen molar-refractivity contribution in [3.8, 4) is 0 Å². The van der Waals surface area contributed by atoms with Gasteiger partial charge in [0.1, 0.15) is 5.76 Å². The zero-order valence-corrected chi connectivity index (χ0v) is 10.7. The molecular weight excluding hydrogens is 282 g/mol. The molecule has 0 aliphatic rings. The number of halogens is 1. The first-order valence-electron chi connectivity index (χ1n) is 5.26. The van der Waals surface area contributed by atoms with E-state index in [2.05, 4.69) is 15.9 Å². The molecule has 0 atom stereocenters. The number of ketones is 1. The van der Waals surface area contributed by atoms with Gasteiger partial charge < -0.3 is 10.2 Å². The summed E-state index contributed by atoms with van der Waals surface area (Å²) in [6, 6.07) is 11.0. The first-order valence-corrected chi connectivity index (χ1v) is 6.05. The van der Waals surface area contributed by atoms with E-state index in [1.54, 1.807) is 12.1 Å². The normalized spacial score (nSPS) is 10.5. The Morgan fingerprint density at radius 1 is 1.24 bits per heavy atom. The first-order chi connectivity index (χ1) is 8.20. The predicted octanol–water partition coefficient (Wildman–Crippen LogP) is 2.93. The van der Waals surface area contributed by atoms with Gasteiger partial charge in [-0.3, -0.25) is 4.79 Å². The van der Waals surface area contributed by atoms with Crippen LogP contribution in [0.1, 0.15) is 21.9 Å². The summed E-state index contributed by atoms with van der Waals surface area (Å²) in [4.78, 5) is 11.9. The highest BCUT2D eigenvalue weighted by molar-refractivity contribution is 9.10. The number of rotatable bonds is 4. The summed E-state index contributed by atoms with van der Waals surface area (Å²) in [6.07, 6.45) is 0.318. The molecule has 2 rings (SSSR count). The van der Waals surface area contributed by atoms with E-state index in [0.717, 1.165) is 10.0 Å². The average molecular weight is 294 g/mol. The topological polar surface area (TPSA) is 56.2 Å². The Bertz CT molecular complexity index is 534. The number of hydrogen-bond donors (Lipinski definition) is 1. The summed E-state index contributed by atoms with van der Waals surface area (Å²) in [5.74, 6) is 0.943. The lowest BCUT2D eigenvalue weighted by Crippen LogP contribution is -2.03. The van der Waals surface area contributed by atoms with Gasteiger partial charge in [-0.05, 0) is 23.8 Å². The van der Waals surface area contributed by atoms with E-state index >= 15 is 0 Å². The molecule has 0 saturated heterocycles. The zero-order valence-electron chi connectivity index (χ0n) is 9.15. The van der Waals surface area contributed by atoms with Gasteiger partial charge in [-0.15, -0.1) is 0 Å². The second kappa shape index (κ2) is 5.29. The highest BCUT2D eigenvalue weighted by Gasteiger charge is 2.12. The van der Waals surface area contributed by atoms with Crippen LogP contribution in [0.5, 0.6) is 0 Å². The Balaban J connectivity index is 2.14. The quantitative estimate of drug-likeness (QED) is 0.882. The van der Waals surface area contributed by atoms with E-state index in [9.17, 15) is 4.79 Å². The molecule has 88 valence electrons. The van der Waals surface area contributed by atoms with Gasteiger partial charge in [0, 0.05) is 10.9 Å². The molecule has 0 amide bonds. The summed E-state index contributed by atoms with van der Waals surface area (Å²) in [7, 11) is 0. The lowest BCUT2D eigenvalue weighted by atomic mass is 10.1. The molecule has 2 N–H and O–H groups in total. The van der Waals surface area contributed by atoms with E-state index in [-0.39, 0.29) is 5.78 Å². The molecule has 0 saturated carbocycles. The lowest BCUT2D eigenvalue weighted by Gasteiger charge is -2.01. The van der Waals surface area contributed by atoms with Gasteiger partial charge in [-0.25, -0.2) is 0 Å². The molecule has 0 aliphatic carbocycles. The fourth-order valence-corrected chi connectivity index (χ4v) is 1.96. The number of Topliss-reactive ketones (excluding diaryl/α,β-unsaturated/α-hetero) is 1. The molecular formula is C13H12BrNO2. The minimum Gasteiger partial charge on any atom is -0.457 e. The number of carbonyl (C=O) groups is 1. The van der Waals surface area contributed by atoms with Crippen molar-refractivity contribution in [2.24, 2.45) is 5.73 Å². The Morgan fingerprint density at radius 2 is 2.00 bits per heavy atom.